The topological polar surface area (TPSA) is 58.4 Å². The van der Waals surface area contributed by atoms with Crippen molar-refractivity contribution in [1.29, 1.82) is 0 Å². The second-order valence-corrected chi connectivity index (χ2v) is 6.17. The first-order chi connectivity index (χ1) is 8.36. The quantitative estimate of drug-likeness (QED) is 0.736. The number of nitrogens with one attached hydrogen (secondary N) is 1. The molecule has 4 nitrogen and oxygen atoms in total. The first-order valence-corrected chi connectivity index (χ1v) is 7.01. The van der Waals surface area contributed by atoms with Crippen LogP contribution in [0.2, 0.25) is 0 Å². The van der Waals surface area contributed by atoms with E-state index in [9.17, 15) is 4.79 Å². The van der Waals surface area contributed by atoms with Gasteiger partial charge in [0, 0.05) is 18.4 Å². The van der Waals surface area contributed by atoms with E-state index in [0.717, 1.165) is 38.9 Å². The van der Waals surface area contributed by atoms with Crippen molar-refractivity contribution in [3.8, 4) is 0 Å². The molecule has 1 amide bonds. The summed E-state index contributed by atoms with van der Waals surface area (Å²) in [6.07, 6.45) is 2.88. The van der Waals surface area contributed by atoms with Crippen LogP contribution in [-0.4, -0.2) is 42.5 Å². The van der Waals surface area contributed by atoms with Crippen LogP contribution in [0.25, 0.3) is 0 Å². The summed E-state index contributed by atoms with van der Waals surface area (Å²) in [6.45, 7) is 7.17. The van der Waals surface area contributed by atoms with Crippen molar-refractivity contribution in [3.63, 3.8) is 0 Å². The Labute approximate surface area is 115 Å². The summed E-state index contributed by atoms with van der Waals surface area (Å²) in [4.78, 5) is 14.5. The number of nitrogens with two attached hydrogens (primary N) is 1. The highest BCUT2D eigenvalue weighted by Crippen LogP contribution is 2.23. The molecule has 1 aliphatic heterocycles. The molecule has 0 atom stereocenters. The van der Waals surface area contributed by atoms with Gasteiger partial charge in [0.1, 0.15) is 0 Å². The number of rotatable bonds is 5. The van der Waals surface area contributed by atoms with E-state index in [1.54, 1.807) is 7.05 Å². The van der Waals surface area contributed by atoms with Gasteiger partial charge in [0.05, 0.1) is 4.99 Å². The Bertz CT molecular complexity index is 309. The molecule has 0 unspecified atom stereocenters. The molecule has 104 valence electrons. The Morgan fingerprint density at radius 1 is 1.44 bits per heavy atom. The van der Waals surface area contributed by atoms with Gasteiger partial charge in [-0.05, 0) is 38.9 Å². The van der Waals surface area contributed by atoms with Crippen molar-refractivity contribution in [3.05, 3.63) is 0 Å². The molecule has 0 aromatic carbocycles. The summed E-state index contributed by atoms with van der Waals surface area (Å²) in [5, 5.41) is 2.73. The van der Waals surface area contributed by atoms with Crippen LogP contribution in [0.1, 0.15) is 33.1 Å². The lowest BCUT2D eigenvalue weighted by Crippen LogP contribution is -2.41. The van der Waals surface area contributed by atoms with Crippen LogP contribution in [0, 0.1) is 11.3 Å². The van der Waals surface area contributed by atoms with Crippen molar-refractivity contribution in [2.75, 3.05) is 26.7 Å². The van der Waals surface area contributed by atoms with Crippen molar-refractivity contribution in [2.45, 2.75) is 33.1 Å². The molecule has 0 aliphatic carbocycles. The molecular formula is C13H25N3OS. The Morgan fingerprint density at radius 3 is 2.44 bits per heavy atom. The average Bonchev–Trinajstić information content (AvgIpc) is 2.36. The third-order valence-corrected chi connectivity index (χ3v) is 4.48. The van der Waals surface area contributed by atoms with Crippen molar-refractivity contribution in [2.24, 2.45) is 17.1 Å². The van der Waals surface area contributed by atoms with Crippen LogP contribution in [-0.2, 0) is 4.79 Å². The molecular weight excluding hydrogens is 246 g/mol. The number of carbonyl (C=O) groups is 1. The molecule has 0 aromatic heterocycles. The summed E-state index contributed by atoms with van der Waals surface area (Å²) in [7, 11) is 1.71. The fourth-order valence-corrected chi connectivity index (χ4v) is 2.29. The van der Waals surface area contributed by atoms with Crippen LogP contribution in [0.3, 0.4) is 0 Å². The molecule has 0 bridgehead atoms. The van der Waals surface area contributed by atoms with Gasteiger partial charge in [-0.1, -0.05) is 26.1 Å². The molecule has 18 heavy (non-hydrogen) atoms. The second-order valence-electron chi connectivity index (χ2n) is 5.73. The molecule has 1 fully saturated rings. The number of amides is 1. The van der Waals surface area contributed by atoms with Gasteiger partial charge in [-0.25, -0.2) is 0 Å². The van der Waals surface area contributed by atoms with E-state index in [0.29, 0.717) is 4.99 Å². The molecule has 1 aliphatic rings. The number of likely N-dealkylation sites (tertiary alicyclic amines) is 1. The fraction of sp³-hybridized carbons (Fsp3) is 0.846. The largest absolute Gasteiger partial charge is 0.393 e. The monoisotopic (exact) mass is 271 g/mol. The van der Waals surface area contributed by atoms with Crippen LogP contribution >= 0.6 is 12.2 Å². The number of carbonyl (C=O) groups excluding carboxylic acids is 1. The van der Waals surface area contributed by atoms with Gasteiger partial charge in [0.15, 0.2) is 0 Å². The first kappa shape index (κ1) is 15.4. The molecule has 1 rings (SSSR count). The van der Waals surface area contributed by atoms with E-state index in [-0.39, 0.29) is 17.2 Å². The Kier molecular flexibility index (Phi) is 5.53. The Balaban J connectivity index is 2.32. The predicted octanol–water partition coefficient (Wildman–Crippen LogP) is 1.15. The SMILES string of the molecule is CNC(=O)C1CCN(CCC(C)(C)C(N)=S)CC1. The summed E-state index contributed by atoms with van der Waals surface area (Å²) >= 11 is 5.07. The zero-order valence-corrected chi connectivity index (χ0v) is 12.5. The molecule has 1 heterocycles. The molecule has 0 spiro atoms. The summed E-state index contributed by atoms with van der Waals surface area (Å²) in [6, 6.07) is 0. The normalized spacial score (nSPS) is 18.6. The van der Waals surface area contributed by atoms with Crippen molar-refractivity contribution in [1.82, 2.24) is 10.2 Å². The van der Waals surface area contributed by atoms with Crippen LogP contribution < -0.4 is 11.1 Å². The summed E-state index contributed by atoms with van der Waals surface area (Å²) in [5.41, 5.74) is 5.65. The first-order valence-electron chi connectivity index (χ1n) is 6.60. The van der Waals surface area contributed by atoms with Gasteiger partial charge in [-0.15, -0.1) is 0 Å². The standard InChI is InChI=1S/C13H25N3OS/c1-13(2,12(14)18)6-9-16-7-4-10(5-8-16)11(17)15-3/h10H,4-9H2,1-3H3,(H2,14,18)(H,15,17). The second kappa shape index (κ2) is 6.48. The van der Waals surface area contributed by atoms with Gasteiger partial charge >= 0.3 is 0 Å². The Hall–Kier alpha value is -0.680. The van der Waals surface area contributed by atoms with E-state index < -0.39 is 0 Å². The van der Waals surface area contributed by atoms with E-state index in [4.69, 9.17) is 18.0 Å². The van der Waals surface area contributed by atoms with E-state index in [2.05, 4.69) is 24.1 Å². The lowest BCUT2D eigenvalue weighted by Gasteiger charge is -2.33. The van der Waals surface area contributed by atoms with E-state index in [1.165, 1.54) is 0 Å². The van der Waals surface area contributed by atoms with Crippen LogP contribution in [0.15, 0.2) is 0 Å². The molecule has 0 saturated carbocycles. The number of hydrogen-bond donors (Lipinski definition) is 2. The number of piperidine rings is 1. The van der Waals surface area contributed by atoms with Crippen LogP contribution in [0.4, 0.5) is 0 Å². The maximum atomic E-state index is 11.5. The van der Waals surface area contributed by atoms with Gasteiger partial charge < -0.3 is 16.0 Å². The van der Waals surface area contributed by atoms with Gasteiger partial charge in [-0.3, -0.25) is 4.79 Å². The van der Waals surface area contributed by atoms with Crippen molar-refractivity contribution < 1.29 is 4.79 Å². The maximum Gasteiger partial charge on any atom is 0.222 e. The summed E-state index contributed by atoms with van der Waals surface area (Å²) < 4.78 is 0. The average molecular weight is 271 g/mol. The predicted molar refractivity (Wildman–Crippen MR) is 78.4 cm³/mol. The minimum atomic E-state index is -0.0764. The highest BCUT2D eigenvalue weighted by Gasteiger charge is 2.26. The lowest BCUT2D eigenvalue weighted by atomic mass is 9.88. The molecule has 5 heteroatoms. The summed E-state index contributed by atoms with van der Waals surface area (Å²) in [5.74, 6) is 0.368. The van der Waals surface area contributed by atoms with E-state index >= 15 is 0 Å². The third-order valence-electron chi connectivity index (χ3n) is 3.92. The molecule has 1 saturated heterocycles. The Morgan fingerprint density at radius 2 is 2.00 bits per heavy atom. The van der Waals surface area contributed by atoms with Gasteiger partial charge in [-0.2, -0.15) is 0 Å². The van der Waals surface area contributed by atoms with Crippen LogP contribution in [0.5, 0.6) is 0 Å². The zero-order chi connectivity index (χ0) is 13.8. The van der Waals surface area contributed by atoms with Gasteiger partial charge in [0.2, 0.25) is 5.91 Å². The zero-order valence-electron chi connectivity index (χ0n) is 11.7. The highest BCUT2D eigenvalue weighted by atomic mass is 32.1. The minimum absolute atomic E-state index is 0.0764. The smallest absolute Gasteiger partial charge is 0.222 e. The molecule has 3 N–H and O–H groups in total. The highest BCUT2D eigenvalue weighted by molar-refractivity contribution is 7.80. The van der Waals surface area contributed by atoms with Crippen molar-refractivity contribution >= 4 is 23.1 Å². The number of nitrogens with zero attached hydrogens (tertiary/aromatic N) is 1. The number of hydrogen-bond acceptors (Lipinski definition) is 3. The third kappa shape index (κ3) is 4.21. The number of thiocarbonyl (C=S) groups is 1. The lowest BCUT2D eigenvalue weighted by molar-refractivity contribution is -0.125. The fourth-order valence-electron chi connectivity index (χ4n) is 2.18. The van der Waals surface area contributed by atoms with Gasteiger partial charge in [0.25, 0.3) is 0 Å². The maximum absolute atomic E-state index is 11.5. The minimum Gasteiger partial charge on any atom is -0.393 e. The molecule has 0 radical (unpaired) electrons. The molecule has 0 aromatic rings. The van der Waals surface area contributed by atoms with E-state index in [1.807, 2.05) is 0 Å².